The van der Waals surface area contributed by atoms with Gasteiger partial charge in [-0.25, -0.2) is 0 Å². The first kappa shape index (κ1) is 15.4. The van der Waals surface area contributed by atoms with Gasteiger partial charge in [-0.3, -0.25) is 4.99 Å². The molecule has 7 heteroatoms. The lowest BCUT2D eigenvalue weighted by Gasteiger charge is -2.25. The summed E-state index contributed by atoms with van der Waals surface area (Å²) in [7, 11) is 0. The van der Waals surface area contributed by atoms with Gasteiger partial charge >= 0.3 is 6.18 Å². The molecule has 0 radical (unpaired) electrons. The molecule has 0 bridgehead atoms. The van der Waals surface area contributed by atoms with Gasteiger partial charge in [0.2, 0.25) is 0 Å². The summed E-state index contributed by atoms with van der Waals surface area (Å²) >= 11 is 5.78. The number of aromatic hydroxyl groups is 1. The van der Waals surface area contributed by atoms with Gasteiger partial charge in [-0.2, -0.15) is 18.4 Å². The summed E-state index contributed by atoms with van der Waals surface area (Å²) in [6.07, 6.45) is -3.66. The second kappa shape index (κ2) is 5.41. The van der Waals surface area contributed by atoms with Gasteiger partial charge in [0, 0.05) is 11.6 Å². The van der Waals surface area contributed by atoms with E-state index in [1.54, 1.807) is 0 Å². The molecule has 0 aliphatic carbocycles. The predicted molar refractivity (Wildman–Crippen MR) is 72.2 cm³/mol. The first-order valence-corrected chi connectivity index (χ1v) is 6.34. The maximum absolute atomic E-state index is 12.9. The molecule has 0 fully saturated rings. The lowest BCUT2D eigenvalue weighted by molar-refractivity contribution is -0.0930. The van der Waals surface area contributed by atoms with Crippen LogP contribution in [0.5, 0.6) is 5.75 Å². The number of hydrogen-bond acceptors (Lipinski definition) is 3. The standard InChI is InChI=1S/C14H10ClF3N2O/c1-7-10(6-19)9(5-13(20-7)14(16,17)18)8-2-3-12(21)11(15)4-8/h2-5,9-10,21H,1H3. The van der Waals surface area contributed by atoms with E-state index in [4.69, 9.17) is 11.6 Å². The van der Waals surface area contributed by atoms with Crippen LogP contribution in [0.15, 0.2) is 35.0 Å². The molecule has 1 aromatic carbocycles. The normalized spacial score (nSPS) is 22.3. The molecule has 0 aromatic heterocycles. The van der Waals surface area contributed by atoms with Gasteiger partial charge in [-0.05, 0) is 30.7 Å². The number of phenolic OH excluding ortho intramolecular Hbond substituents is 1. The monoisotopic (exact) mass is 314 g/mol. The van der Waals surface area contributed by atoms with Gasteiger partial charge in [0.15, 0.2) is 0 Å². The first-order valence-electron chi connectivity index (χ1n) is 5.96. The van der Waals surface area contributed by atoms with Gasteiger partial charge in [-0.1, -0.05) is 17.7 Å². The molecule has 0 amide bonds. The molecule has 2 rings (SSSR count). The van der Waals surface area contributed by atoms with Gasteiger partial charge in [-0.15, -0.1) is 0 Å². The van der Waals surface area contributed by atoms with Gasteiger partial charge < -0.3 is 5.11 Å². The van der Waals surface area contributed by atoms with Crippen LogP contribution in [0.1, 0.15) is 18.4 Å². The molecule has 1 aliphatic heterocycles. The van der Waals surface area contributed by atoms with E-state index in [2.05, 4.69) is 4.99 Å². The van der Waals surface area contributed by atoms with E-state index in [1.165, 1.54) is 25.1 Å². The molecule has 21 heavy (non-hydrogen) atoms. The van der Waals surface area contributed by atoms with E-state index >= 15 is 0 Å². The van der Waals surface area contributed by atoms with Gasteiger partial charge in [0.1, 0.15) is 11.4 Å². The number of alkyl halides is 3. The van der Waals surface area contributed by atoms with Crippen LogP contribution in [0.25, 0.3) is 0 Å². The number of rotatable bonds is 1. The molecule has 110 valence electrons. The summed E-state index contributed by atoms with van der Waals surface area (Å²) in [4.78, 5) is 3.47. The van der Waals surface area contributed by atoms with Crippen LogP contribution in [0.2, 0.25) is 5.02 Å². The molecule has 0 spiro atoms. The van der Waals surface area contributed by atoms with Gasteiger partial charge in [0.25, 0.3) is 0 Å². The van der Waals surface area contributed by atoms with Crippen molar-refractivity contribution in [2.75, 3.05) is 0 Å². The van der Waals surface area contributed by atoms with E-state index in [-0.39, 0.29) is 16.5 Å². The molecule has 1 N–H and O–H groups in total. The smallest absolute Gasteiger partial charge is 0.433 e. The fraction of sp³-hybridized carbons (Fsp3) is 0.286. The van der Waals surface area contributed by atoms with Crippen molar-refractivity contribution in [3.05, 3.63) is 40.6 Å². The zero-order chi connectivity index (χ0) is 15.8. The van der Waals surface area contributed by atoms with Crippen molar-refractivity contribution in [3.8, 4) is 11.8 Å². The Labute approximate surface area is 124 Å². The zero-order valence-electron chi connectivity index (χ0n) is 10.8. The molecule has 0 saturated carbocycles. The van der Waals surface area contributed by atoms with Crippen LogP contribution < -0.4 is 0 Å². The van der Waals surface area contributed by atoms with Crippen LogP contribution in [-0.4, -0.2) is 17.0 Å². The molecule has 3 nitrogen and oxygen atoms in total. The predicted octanol–water partition coefficient (Wildman–Crippen LogP) is 4.19. The number of benzene rings is 1. The van der Waals surface area contributed by atoms with E-state index in [9.17, 15) is 23.5 Å². The Balaban J connectivity index is 2.53. The quantitative estimate of drug-likeness (QED) is 0.845. The van der Waals surface area contributed by atoms with Crippen molar-refractivity contribution in [1.29, 1.82) is 5.26 Å². The molecular weight excluding hydrogens is 305 g/mol. The van der Waals surface area contributed by atoms with Crippen LogP contribution in [0.4, 0.5) is 13.2 Å². The Morgan fingerprint density at radius 3 is 2.57 bits per heavy atom. The third kappa shape index (κ3) is 3.03. The van der Waals surface area contributed by atoms with Crippen LogP contribution in [0.3, 0.4) is 0 Å². The highest BCUT2D eigenvalue weighted by Crippen LogP contribution is 2.39. The highest BCUT2D eigenvalue weighted by Gasteiger charge is 2.39. The van der Waals surface area contributed by atoms with Crippen molar-refractivity contribution >= 4 is 17.3 Å². The van der Waals surface area contributed by atoms with E-state index in [0.717, 1.165) is 6.08 Å². The number of nitriles is 1. The van der Waals surface area contributed by atoms with Gasteiger partial charge in [0.05, 0.1) is 17.0 Å². The van der Waals surface area contributed by atoms with Crippen molar-refractivity contribution in [2.45, 2.75) is 19.0 Å². The minimum absolute atomic E-state index is 0.0197. The Morgan fingerprint density at radius 2 is 2.05 bits per heavy atom. The SMILES string of the molecule is CC1=NC(C(F)(F)F)=CC(c2ccc(O)c(Cl)c2)C1C#N. The third-order valence-electron chi connectivity index (χ3n) is 3.23. The average Bonchev–Trinajstić information content (AvgIpc) is 2.40. The average molecular weight is 315 g/mol. The Morgan fingerprint density at radius 1 is 1.38 bits per heavy atom. The Bertz CT molecular complexity index is 674. The van der Waals surface area contributed by atoms with Crippen LogP contribution >= 0.6 is 11.6 Å². The van der Waals surface area contributed by atoms with E-state index in [1.807, 2.05) is 6.07 Å². The summed E-state index contributed by atoms with van der Waals surface area (Å²) in [5.74, 6) is -1.80. The topological polar surface area (TPSA) is 56.4 Å². The number of aliphatic imine (C=N–C) groups is 1. The minimum Gasteiger partial charge on any atom is -0.506 e. The maximum Gasteiger partial charge on any atom is 0.433 e. The molecule has 2 atom stereocenters. The fourth-order valence-corrected chi connectivity index (χ4v) is 2.36. The molecule has 0 saturated heterocycles. The second-order valence-electron chi connectivity index (χ2n) is 4.65. The molecule has 2 unspecified atom stereocenters. The number of allylic oxidation sites excluding steroid dienone is 2. The van der Waals surface area contributed by atoms with Crippen LogP contribution in [0, 0.1) is 17.2 Å². The van der Waals surface area contributed by atoms with Crippen molar-refractivity contribution in [3.63, 3.8) is 0 Å². The Kier molecular flexibility index (Phi) is 3.97. The second-order valence-corrected chi connectivity index (χ2v) is 5.05. The van der Waals surface area contributed by atoms with Crippen molar-refractivity contribution in [2.24, 2.45) is 10.9 Å². The number of halogens is 4. The molecule has 1 aliphatic rings. The van der Waals surface area contributed by atoms with Crippen molar-refractivity contribution in [1.82, 2.24) is 0 Å². The zero-order valence-corrected chi connectivity index (χ0v) is 11.6. The summed E-state index contributed by atoms with van der Waals surface area (Å²) in [5, 5.41) is 18.6. The first-order chi connectivity index (χ1) is 9.74. The molecule has 1 aromatic rings. The minimum atomic E-state index is -4.58. The summed E-state index contributed by atoms with van der Waals surface area (Å²) in [6.45, 7) is 1.39. The lowest BCUT2D eigenvalue weighted by atomic mass is 9.81. The number of hydrogen-bond donors (Lipinski definition) is 1. The maximum atomic E-state index is 12.9. The van der Waals surface area contributed by atoms with Crippen LogP contribution in [-0.2, 0) is 0 Å². The third-order valence-corrected chi connectivity index (χ3v) is 3.53. The summed E-state index contributed by atoms with van der Waals surface area (Å²) in [6, 6.07) is 6.05. The van der Waals surface area contributed by atoms with E-state index < -0.39 is 23.7 Å². The Hall–Kier alpha value is -2.00. The molecular formula is C14H10ClF3N2O. The fourth-order valence-electron chi connectivity index (χ4n) is 2.17. The summed E-state index contributed by atoms with van der Waals surface area (Å²) < 4.78 is 38.6. The molecule has 1 heterocycles. The summed E-state index contributed by atoms with van der Waals surface area (Å²) in [5.41, 5.74) is -0.512. The highest BCUT2D eigenvalue weighted by molar-refractivity contribution is 6.32. The van der Waals surface area contributed by atoms with E-state index in [0.29, 0.717) is 5.56 Å². The highest BCUT2D eigenvalue weighted by atomic mass is 35.5. The van der Waals surface area contributed by atoms with Crippen molar-refractivity contribution < 1.29 is 18.3 Å². The number of nitrogens with zero attached hydrogens (tertiary/aromatic N) is 2. The number of phenols is 1. The largest absolute Gasteiger partial charge is 0.506 e. The lowest BCUT2D eigenvalue weighted by Crippen LogP contribution is -2.25.